The van der Waals surface area contributed by atoms with Crippen molar-refractivity contribution in [2.45, 2.75) is 13.3 Å². The lowest BCUT2D eigenvalue weighted by atomic mass is 10.00. The zero-order valence-corrected chi connectivity index (χ0v) is 11.3. The first kappa shape index (κ1) is 14.4. The van der Waals surface area contributed by atoms with Crippen molar-refractivity contribution in [3.8, 4) is 0 Å². The fraction of sp³-hybridized carbons (Fsp3) is 0.875. The summed E-state index contributed by atoms with van der Waals surface area (Å²) in [4.78, 5) is 0. The van der Waals surface area contributed by atoms with E-state index in [2.05, 4.69) is 5.16 Å². The molecular formula is C8H16N2O5S2. The highest BCUT2D eigenvalue weighted by atomic mass is 32.3. The van der Waals surface area contributed by atoms with Gasteiger partial charge in [0.05, 0.1) is 5.71 Å². The number of sulfone groups is 1. The third-order valence-corrected chi connectivity index (χ3v) is 6.57. The Hall–Kier alpha value is -0.670. The van der Waals surface area contributed by atoms with Gasteiger partial charge >= 0.3 is 0 Å². The quantitative estimate of drug-likeness (QED) is 0.555. The minimum absolute atomic E-state index is 0.150. The van der Waals surface area contributed by atoms with E-state index in [1.165, 1.54) is 0 Å². The SMILES string of the molecule is CC1CN(S(=O)(=O)CS(C)(=O)=O)CCC1=NO. The zero-order chi connectivity index (χ0) is 13.3. The number of hydrogen-bond acceptors (Lipinski definition) is 6. The van der Waals surface area contributed by atoms with Gasteiger partial charge in [-0.2, -0.15) is 0 Å². The number of nitrogens with zero attached hydrogens (tertiary/aromatic N) is 2. The Morgan fingerprint density at radius 2 is 2.00 bits per heavy atom. The van der Waals surface area contributed by atoms with Gasteiger partial charge in [0, 0.05) is 31.7 Å². The summed E-state index contributed by atoms with van der Waals surface area (Å²) in [5.74, 6) is -0.205. The second-order valence-corrected chi connectivity index (χ2v) is 8.73. The first-order valence-electron chi connectivity index (χ1n) is 5.02. The Morgan fingerprint density at radius 1 is 1.41 bits per heavy atom. The molecule has 1 N–H and O–H groups in total. The molecule has 1 atom stereocenters. The Bertz CT molecular complexity index is 508. The van der Waals surface area contributed by atoms with Crippen LogP contribution in [0.3, 0.4) is 0 Å². The van der Waals surface area contributed by atoms with Gasteiger partial charge in [-0.1, -0.05) is 12.1 Å². The van der Waals surface area contributed by atoms with Gasteiger partial charge in [-0.05, 0) is 0 Å². The smallest absolute Gasteiger partial charge is 0.228 e. The molecule has 0 aromatic heterocycles. The van der Waals surface area contributed by atoms with Crippen molar-refractivity contribution in [3.63, 3.8) is 0 Å². The van der Waals surface area contributed by atoms with Crippen molar-refractivity contribution in [1.29, 1.82) is 0 Å². The third kappa shape index (κ3) is 3.93. The predicted octanol–water partition coefficient (Wildman–Crippen LogP) is -0.510. The molecule has 0 amide bonds. The van der Waals surface area contributed by atoms with Gasteiger partial charge in [0.2, 0.25) is 10.0 Å². The van der Waals surface area contributed by atoms with E-state index in [0.29, 0.717) is 12.1 Å². The van der Waals surface area contributed by atoms with E-state index in [9.17, 15) is 16.8 Å². The van der Waals surface area contributed by atoms with E-state index in [4.69, 9.17) is 5.21 Å². The van der Waals surface area contributed by atoms with Gasteiger partial charge in [-0.15, -0.1) is 0 Å². The minimum atomic E-state index is -3.80. The molecule has 1 unspecified atom stereocenters. The molecule has 1 fully saturated rings. The summed E-state index contributed by atoms with van der Waals surface area (Å²) in [6.45, 7) is 2.04. The third-order valence-electron chi connectivity index (χ3n) is 2.55. The zero-order valence-electron chi connectivity index (χ0n) is 9.70. The highest BCUT2D eigenvalue weighted by Gasteiger charge is 2.32. The molecule has 1 saturated heterocycles. The maximum atomic E-state index is 11.8. The van der Waals surface area contributed by atoms with Gasteiger partial charge in [0.1, 0.15) is 0 Å². The average molecular weight is 284 g/mol. The van der Waals surface area contributed by atoms with Gasteiger partial charge in [0.25, 0.3) is 0 Å². The molecule has 1 heterocycles. The summed E-state index contributed by atoms with van der Waals surface area (Å²) >= 11 is 0. The fourth-order valence-electron chi connectivity index (χ4n) is 1.73. The lowest BCUT2D eigenvalue weighted by molar-refractivity contribution is 0.300. The van der Waals surface area contributed by atoms with Crippen molar-refractivity contribution in [3.05, 3.63) is 0 Å². The Kier molecular flexibility index (Phi) is 4.15. The fourth-order valence-corrected chi connectivity index (χ4v) is 5.31. The summed E-state index contributed by atoms with van der Waals surface area (Å²) in [6, 6.07) is 0. The van der Waals surface area contributed by atoms with Crippen molar-refractivity contribution in [1.82, 2.24) is 4.31 Å². The van der Waals surface area contributed by atoms with Crippen LogP contribution in [0, 0.1) is 5.92 Å². The molecule has 100 valence electrons. The molecule has 1 rings (SSSR count). The number of piperidine rings is 1. The van der Waals surface area contributed by atoms with Crippen molar-refractivity contribution < 1.29 is 22.0 Å². The van der Waals surface area contributed by atoms with E-state index < -0.39 is 24.9 Å². The molecule has 0 aliphatic carbocycles. The Labute approximate surface area is 101 Å². The van der Waals surface area contributed by atoms with Crippen LogP contribution in [-0.2, 0) is 19.9 Å². The highest BCUT2D eigenvalue weighted by Crippen LogP contribution is 2.17. The van der Waals surface area contributed by atoms with Gasteiger partial charge in [-0.3, -0.25) is 0 Å². The van der Waals surface area contributed by atoms with Crippen LogP contribution in [0.2, 0.25) is 0 Å². The van der Waals surface area contributed by atoms with E-state index in [1.54, 1.807) is 6.92 Å². The summed E-state index contributed by atoms with van der Waals surface area (Å²) < 4.78 is 46.7. The topological polar surface area (TPSA) is 104 Å². The van der Waals surface area contributed by atoms with Crippen molar-refractivity contribution in [2.24, 2.45) is 11.1 Å². The molecular weight excluding hydrogens is 268 g/mol. The maximum absolute atomic E-state index is 11.8. The lowest BCUT2D eigenvalue weighted by Gasteiger charge is -2.30. The van der Waals surface area contributed by atoms with Crippen LogP contribution in [0.5, 0.6) is 0 Å². The second kappa shape index (κ2) is 4.91. The van der Waals surface area contributed by atoms with Gasteiger partial charge in [0.15, 0.2) is 14.9 Å². The standard InChI is InChI=1S/C8H16N2O5S2/c1-7-5-10(4-3-8(7)9-11)17(14,15)6-16(2,12)13/h7,11H,3-6H2,1-2H3. The Morgan fingerprint density at radius 3 is 2.41 bits per heavy atom. The highest BCUT2D eigenvalue weighted by molar-refractivity contribution is 8.06. The Balaban J connectivity index is 2.83. The molecule has 0 bridgehead atoms. The van der Waals surface area contributed by atoms with E-state index >= 15 is 0 Å². The molecule has 1 aliphatic rings. The first-order valence-corrected chi connectivity index (χ1v) is 8.69. The summed E-state index contributed by atoms with van der Waals surface area (Å²) in [5.41, 5.74) is 0.538. The van der Waals surface area contributed by atoms with Crippen LogP contribution >= 0.6 is 0 Å². The van der Waals surface area contributed by atoms with Crippen molar-refractivity contribution in [2.75, 3.05) is 24.4 Å². The number of oxime groups is 1. The van der Waals surface area contributed by atoms with Gasteiger partial charge in [-0.25, -0.2) is 21.1 Å². The monoisotopic (exact) mass is 284 g/mol. The van der Waals surface area contributed by atoms with Crippen LogP contribution in [0.1, 0.15) is 13.3 Å². The van der Waals surface area contributed by atoms with Crippen LogP contribution in [0.25, 0.3) is 0 Å². The predicted molar refractivity (Wildman–Crippen MR) is 63.2 cm³/mol. The summed E-state index contributed by atoms with van der Waals surface area (Å²) in [5, 5.41) is 10.9. The number of hydrogen-bond donors (Lipinski definition) is 1. The normalized spacial score (nSPS) is 26.2. The molecule has 0 spiro atoms. The second-order valence-electron chi connectivity index (χ2n) is 4.26. The van der Waals surface area contributed by atoms with E-state index in [0.717, 1.165) is 10.6 Å². The maximum Gasteiger partial charge on any atom is 0.228 e. The minimum Gasteiger partial charge on any atom is -0.411 e. The van der Waals surface area contributed by atoms with Crippen LogP contribution in [-0.4, -0.2) is 56.5 Å². The lowest BCUT2D eigenvalue weighted by Crippen LogP contribution is -2.45. The van der Waals surface area contributed by atoms with E-state index in [1.807, 2.05) is 0 Å². The van der Waals surface area contributed by atoms with Crippen LogP contribution < -0.4 is 0 Å². The van der Waals surface area contributed by atoms with Crippen LogP contribution in [0.15, 0.2) is 5.16 Å². The van der Waals surface area contributed by atoms with Crippen molar-refractivity contribution >= 4 is 25.6 Å². The first-order chi connectivity index (χ1) is 7.65. The number of sulfonamides is 1. The average Bonchev–Trinajstić information content (AvgIpc) is 2.13. The van der Waals surface area contributed by atoms with Gasteiger partial charge < -0.3 is 5.21 Å². The molecule has 17 heavy (non-hydrogen) atoms. The molecule has 0 aromatic rings. The molecule has 1 aliphatic heterocycles. The van der Waals surface area contributed by atoms with Crippen LogP contribution in [0.4, 0.5) is 0 Å². The number of rotatable bonds is 3. The van der Waals surface area contributed by atoms with E-state index in [-0.39, 0.29) is 19.0 Å². The molecule has 0 aromatic carbocycles. The largest absolute Gasteiger partial charge is 0.411 e. The molecule has 9 heteroatoms. The molecule has 7 nitrogen and oxygen atoms in total. The summed E-state index contributed by atoms with van der Waals surface area (Å²) in [6.07, 6.45) is 1.21. The summed E-state index contributed by atoms with van der Waals surface area (Å²) in [7, 11) is -7.37. The molecule has 0 saturated carbocycles. The molecule has 0 radical (unpaired) electrons.